The lowest BCUT2D eigenvalue weighted by Crippen LogP contribution is -2.08. The molecule has 0 fully saturated rings. The average Bonchev–Trinajstić information content (AvgIpc) is 2.16. The van der Waals surface area contributed by atoms with E-state index < -0.39 is 5.97 Å². The minimum absolute atomic E-state index is 0.0189. The third-order valence-corrected chi connectivity index (χ3v) is 1.41. The molecule has 0 unspecified atom stereocenters. The first kappa shape index (κ1) is 11.2. The molecule has 15 heavy (non-hydrogen) atoms. The Bertz CT molecular complexity index is 357. The fourth-order valence-electron chi connectivity index (χ4n) is 0.851. The highest BCUT2D eigenvalue weighted by molar-refractivity contribution is 5.85. The van der Waals surface area contributed by atoms with Crippen molar-refractivity contribution in [3.63, 3.8) is 0 Å². The van der Waals surface area contributed by atoms with Crippen LogP contribution in [0.15, 0.2) is 18.5 Å². The van der Waals surface area contributed by atoms with Gasteiger partial charge in [0, 0.05) is 24.0 Å². The lowest BCUT2D eigenvalue weighted by Gasteiger charge is -2.06. The molecule has 5 nitrogen and oxygen atoms in total. The van der Waals surface area contributed by atoms with Crippen molar-refractivity contribution in [3.05, 3.63) is 24.0 Å². The van der Waals surface area contributed by atoms with Crippen LogP contribution in [0.5, 0.6) is 6.01 Å². The SMILES string of the molecule is CC(C)Oc1ncc(/C=C/C(=O)O)cn1. The van der Waals surface area contributed by atoms with Gasteiger partial charge in [-0.25, -0.2) is 14.8 Å². The summed E-state index contributed by atoms with van der Waals surface area (Å²) in [6.45, 7) is 3.75. The summed E-state index contributed by atoms with van der Waals surface area (Å²) >= 11 is 0. The lowest BCUT2D eigenvalue weighted by atomic mass is 10.3. The zero-order valence-electron chi connectivity index (χ0n) is 8.54. The zero-order chi connectivity index (χ0) is 11.3. The Labute approximate surface area is 87.4 Å². The topological polar surface area (TPSA) is 72.3 Å². The molecule has 0 aliphatic carbocycles. The first-order valence-electron chi connectivity index (χ1n) is 4.47. The molecule has 1 heterocycles. The zero-order valence-corrected chi connectivity index (χ0v) is 8.54. The van der Waals surface area contributed by atoms with E-state index in [1.54, 1.807) is 0 Å². The molecule has 1 aromatic heterocycles. The highest BCUT2D eigenvalue weighted by Crippen LogP contribution is 2.05. The standard InChI is InChI=1S/C10H12N2O3/c1-7(2)15-10-11-5-8(6-12-10)3-4-9(13)14/h3-7H,1-2H3,(H,13,14)/b4-3+. The Morgan fingerprint density at radius 1 is 1.47 bits per heavy atom. The van der Waals surface area contributed by atoms with Crippen LogP contribution >= 0.6 is 0 Å². The smallest absolute Gasteiger partial charge is 0.328 e. The van der Waals surface area contributed by atoms with Crippen LogP contribution in [0, 0.1) is 0 Å². The van der Waals surface area contributed by atoms with Crippen molar-refractivity contribution in [2.45, 2.75) is 20.0 Å². The third kappa shape index (κ3) is 4.21. The molecule has 0 bridgehead atoms. The molecule has 0 amide bonds. The van der Waals surface area contributed by atoms with Crippen LogP contribution in [0.3, 0.4) is 0 Å². The van der Waals surface area contributed by atoms with Gasteiger partial charge in [-0.3, -0.25) is 0 Å². The summed E-state index contributed by atoms with van der Waals surface area (Å²) in [4.78, 5) is 18.1. The summed E-state index contributed by atoms with van der Waals surface area (Å²) < 4.78 is 5.23. The van der Waals surface area contributed by atoms with E-state index in [4.69, 9.17) is 9.84 Å². The van der Waals surface area contributed by atoms with Crippen molar-refractivity contribution in [2.75, 3.05) is 0 Å². The summed E-state index contributed by atoms with van der Waals surface area (Å²) in [6, 6.07) is 0.289. The molecule has 0 spiro atoms. The second-order valence-electron chi connectivity index (χ2n) is 3.14. The minimum atomic E-state index is -1.00. The summed E-state index contributed by atoms with van der Waals surface area (Å²) in [5.41, 5.74) is 0.619. The van der Waals surface area contributed by atoms with Gasteiger partial charge < -0.3 is 9.84 Å². The molecule has 5 heteroatoms. The number of hydrogen-bond acceptors (Lipinski definition) is 4. The van der Waals surface area contributed by atoms with Gasteiger partial charge in [0.1, 0.15) is 0 Å². The summed E-state index contributed by atoms with van der Waals surface area (Å²) in [5, 5.41) is 8.40. The van der Waals surface area contributed by atoms with Gasteiger partial charge in [-0.1, -0.05) is 0 Å². The van der Waals surface area contributed by atoms with Crippen LogP contribution in [-0.4, -0.2) is 27.1 Å². The van der Waals surface area contributed by atoms with Crippen molar-refractivity contribution in [2.24, 2.45) is 0 Å². The predicted molar refractivity (Wildman–Crippen MR) is 54.5 cm³/mol. The molecule has 0 aromatic carbocycles. The van der Waals surface area contributed by atoms with Crippen LogP contribution in [-0.2, 0) is 4.79 Å². The molecular weight excluding hydrogens is 196 g/mol. The van der Waals surface area contributed by atoms with E-state index in [2.05, 4.69) is 9.97 Å². The molecular formula is C10H12N2O3. The van der Waals surface area contributed by atoms with Gasteiger partial charge in [0.25, 0.3) is 0 Å². The van der Waals surface area contributed by atoms with Gasteiger partial charge in [0.05, 0.1) is 6.10 Å². The van der Waals surface area contributed by atoms with E-state index in [9.17, 15) is 4.79 Å². The maximum atomic E-state index is 10.2. The monoisotopic (exact) mass is 208 g/mol. The second-order valence-corrected chi connectivity index (χ2v) is 3.14. The number of carboxylic acid groups (broad SMARTS) is 1. The predicted octanol–water partition coefficient (Wildman–Crippen LogP) is 1.36. The summed E-state index contributed by atoms with van der Waals surface area (Å²) in [7, 11) is 0. The Kier molecular flexibility index (Phi) is 3.79. The largest absolute Gasteiger partial charge is 0.478 e. The van der Waals surface area contributed by atoms with E-state index >= 15 is 0 Å². The first-order valence-corrected chi connectivity index (χ1v) is 4.47. The highest BCUT2D eigenvalue weighted by atomic mass is 16.5. The molecule has 1 N–H and O–H groups in total. The quantitative estimate of drug-likeness (QED) is 0.756. The third-order valence-electron chi connectivity index (χ3n) is 1.41. The Balaban J connectivity index is 2.68. The molecule has 0 saturated heterocycles. The number of hydrogen-bond donors (Lipinski definition) is 1. The molecule has 0 aliphatic heterocycles. The van der Waals surface area contributed by atoms with Gasteiger partial charge in [0.2, 0.25) is 0 Å². The van der Waals surface area contributed by atoms with E-state index in [-0.39, 0.29) is 12.1 Å². The summed E-state index contributed by atoms with van der Waals surface area (Å²) in [5.74, 6) is -1.00. The minimum Gasteiger partial charge on any atom is -0.478 e. The second kappa shape index (κ2) is 5.09. The fraction of sp³-hybridized carbons (Fsp3) is 0.300. The van der Waals surface area contributed by atoms with Gasteiger partial charge in [0.15, 0.2) is 0 Å². The molecule has 1 aromatic rings. The number of aromatic nitrogens is 2. The van der Waals surface area contributed by atoms with Crippen molar-refractivity contribution >= 4 is 12.0 Å². The maximum absolute atomic E-state index is 10.2. The fourth-order valence-corrected chi connectivity index (χ4v) is 0.851. The molecule has 0 atom stereocenters. The Morgan fingerprint density at radius 3 is 2.53 bits per heavy atom. The van der Waals surface area contributed by atoms with Gasteiger partial charge in [-0.15, -0.1) is 0 Å². The first-order chi connectivity index (χ1) is 7.08. The van der Waals surface area contributed by atoms with Crippen LogP contribution in [0.25, 0.3) is 6.08 Å². The van der Waals surface area contributed by atoms with Crippen molar-refractivity contribution in [1.29, 1.82) is 0 Å². The normalized spacial score (nSPS) is 10.9. The number of ether oxygens (including phenoxy) is 1. The van der Waals surface area contributed by atoms with Crippen molar-refractivity contribution < 1.29 is 14.6 Å². The number of rotatable bonds is 4. The Hall–Kier alpha value is -1.91. The number of carbonyl (C=O) groups is 1. The van der Waals surface area contributed by atoms with Gasteiger partial charge in [-0.2, -0.15) is 0 Å². The van der Waals surface area contributed by atoms with E-state index in [1.165, 1.54) is 18.5 Å². The molecule has 0 aliphatic rings. The maximum Gasteiger partial charge on any atom is 0.328 e. The van der Waals surface area contributed by atoms with Crippen LogP contribution in [0.2, 0.25) is 0 Å². The van der Waals surface area contributed by atoms with Gasteiger partial charge >= 0.3 is 12.0 Å². The van der Waals surface area contributed by atoms with E-state index in [1.807, 2.05) is 13.8 Å². The van der Waals surface area contributed by atoms with E-state index in [0.717, 1.165) is 6.08 Å². The van der Waals surface area contributed by atoms with Crippen LogP contribution in [0.4, 0.5) is 0 Å². The highest BCUT2D eigenvalue weighted by Gasteiger charge is 1.99. The van der Waals surface area contributed by atoms with E-state index in [0.29, 0.717) is 5.56 Å². The molecule has 80 valence electrons. The lowest BCUT2D eigenvalue weighted by molar-refractivity contribution is -0.131. The van der Waals surface area contributed by atoms with Crippen molar-refractivity contribution in [3.8, 4) is 6.01 Å². The molecule has 0 saturated carbocycles. The van der Waals surface area contributed by atoms with Crippen LogP contribution in [0.1, 0.15) is 19.4 Å². The number of nitrogens with zero attached hydrogens (tertiary/aromatic N) is 2. The number of carboxylic acids is 1. The molecule has 0 radical (unpaired) electrons. The number of aliphatic carboxylic acids is 1. The molecule has 1 rings (SSSR count). The van der Waals surface area contributed by atoms with Crippen molar-refractivity contribution in [1.82, 2.24) is 9.97 Å². The van der Waals surface area contributed by atoms with Crippen LogP contribution < -0.4 is 4.74 Å². The van der Waals surface area contributed by atoms with Gasteiger partial charge in [-0.05, 0) is 19.9 Å². The summed E-state index contributed by atoms with van der Waals surface area (Å²) in [6.07, 6.45) is 5.47. The average molecular weight is 208 g/mol. The Morgan fingerprint density at radius 2 is 2.07 bits per heavy atom.